The Balaban J connectivity index is 2.48. The number of esters is 1. The molecule has 1 amide bonds. The predicted octanol–water partition coefficient (Wildman–Crippen LogP) is 1.98. The number of hydrogen-bond donors (Lipinski definition) is 1. The van der Waals surface area contributed by atoms with E-state index in [1.54, 1.807) is 18.2 Å². The van der Waals surface area contributed by atoms with E-state index in [9.17, 15) is 9.59 Å². The molecule has 0 atom stereocenters. The van der Waals surface area contributed by atoms with Crippen molar-refractivity contribution in [3.05, 3.63) is 24.3 Å². The van der Waals surface area contributed by atoms with Crippen molar-refractivity contribution in [2.75, 3.05) is 19.0 Å². The highest BCUT2D eigenvalue weighted by Gasteiger charge is 2.07. The van der Waals surface area contributed by atoms with Gasteiger partial charge in [-0.2, -0.15) is 0 Å². The van der Waals surface area contributed by atoms with Gasteiger partial charge in [0.2, 0.25) is 5.91 Å². The van der Waals surface area contributed by atoms with Gasteiger partial charge < -0.3 is 14.8 Å². The molecule has 5 heteroatoms. The van der Waals surface area contributed by atoms with E-state index in [1.165, 1.54) is 7.11 Å². The zero-order valence-electron chi connectivity index (χ0n) is 10.6. The molecular weight excluding hydrogens is 234 g/mol. The van der Waals surface area contributed by atoms with E-state index >= 15 is 0 Å². The maximum absolute atomic E-state index is 11.5. The van der Waals surface area contributed by atoms with Gasteiger partial charge in [0.05, 0.1) is 20.1 Å². The maximum atomic E-state index is 11.5. The summed E-state index contributed by atoms with van der Waals surface area (Å²) in [7, 11) is 1.30. The smallest absolute Gasteiger partial charge is 0.306 e. The molecule has 0 spiro atoms. The number of benzene rings is 1. The third-order valence-corrected chi connectivity index (χ3v) is 2.21. The Morgan fingerprint density at radius 3 is 2.72 bits per heavy atom. The highest BCUT2D eigenvalue weighted by atomic mass is 16.5. The van der Waals surface area contributed by atoms with Crippen LogP contribution in [-0.2, 0) is 14.3 Å². The molecule has 1 N–H and O–H groups in total. The Labute approximate surface area is 106 Å². The van der Waals surface area contributed by atoms with Crippen LogP contribution in [0.2, 0.25) is 0 Å². The third-order valence-electron chi connectivity index (χ3n) is 2.21. The van der Waals surface area contributed by atoms with Crippen molar-refractivity contribution in [3.8, 4) is 5.75 Å². The average molecular weight is 251 g/mol. The van der Waals surface area contributed by atoms with Crippen LogP contribution in [0.3, 0.4) is 0 Å². The lowest BCUT2D eigenvalue weighted by Crippen LogP contribution is -2.13. The quantitative estimate of drug-likeness (QED) is 0.785. The van der Waals surface area contributed by atoms with Crippen LogP contribution in [0.4, 0.5) is 5.69 Å². The second-order valence-electron chi connectivity index (χ2n) is 3.59. The molecule has 0 aliphatic heterocycles. The lowest BCUT2D eigenvalue weighted by atomic mass is 10.2. The number of methoxy groups -OCH3 is 1. The molecule has 0 saturated carbocycles. The molecule has 0 radical (unpaired) electrons. The number of anilines is 1. The molecule has 1 aromatic carbocycles. The SMILES string of the molecule is CCOc1cccc(NC(=O)CCC(=O)OC)c1. The number of hydrogen-bond acceptors (Lipinski definition) is 4. The van der Waals surface area contributed by atoms with Gasteiger partial charge in [-0.3, -0.25) is 9.59 Å². The maximum Gasteiger partial charge on any atom is 0.306 e. The van der Waals surface area contributed by atoms with Crippen LogP contribution in [0.15, 0.2) is 24.3 Å². The number of rotatable bonds is 6. The van der Waals surface area contributed by atoms with Gasteiger partial charge in [0.25, 0.3) is 0 Å². The highest BCUT2D eigenvalue weighted by molar-refractivity contribution is 5.92. The largest absolute Gasteiger partial charge is 0.494 e. The lowest BCUT2D eigenvalue weighted by molar-refractivity contribution is -0.141. The van der Waals surface area contributed by atoms with E-state index in [0.29, 0.717) is 18.0 Å². The van der Waals surface area contributed by atoms with Crippen molar-refractivity contribution in [2.45, 2.75) is 19.8 Å². The number of amides is 1. The Morgan fingerprint density at radius 2 is 2.06 bits per heavy atom. The molecule has 1 rings (SSSR count). The van der Waals surface area contributed by atoms with E-state index in [4.69, 9.17) is 4.74 Å². The summed E-state index contributed by atoms with van der Waals surface area (Å²) in [4.78, 5) is 22.4. The van der Waals surface area contributed by atoms with Crippen molar-refractivity contribution in [1.82, 2.24) is 0 Å². The number of carbonyl (C=O) groups is 2. The summed E-state index contributed by atoms with van der Waals surface area (Å²) in [5.41, 5.74) is 0.649. The second kappa shape index (κ2) is 7.32. The number of nitrogens with one attached hydrogen (secondary N) is 1. The van der Waals surface area contributed by atoms with Gasteiger partial charge >= 0.3 is 5.97 Å². The predicted molar refractivity (Wildman–Crippen MR) is 67.5 cm³/mol. The molecule has 1 aromatic rings. The molecule has 0 fully saturated rings. The number of carbonyl (C=O) groups excluding carboxylic acids is 2. The van der Waals surface area contributed by atoms with E-state index in [1.807, 2.05) is 13.0 Å². The van der Waals surface area contributed by atoms with Crippen LogP contribution < -0.4 is 10.1 Å². The summed E-state index contributed by atoms with van der Waals surface area (Å²) in [5.74, 6) is 0.0746. The molecule has 98 valence electrons. The van der Waals surface area contributed by atoms with Crippen LogP contribution in [0, 0.1) is 0 Å². The molecule has 0 aliphatic carbocycles. The van der Waals surface area contributed by atoms with Crippen molar-refractivity contribution in [3.63, 3.8) is 0 Å². The Bertz CT molecular complexity index is 417. The summed E-state index contributed by atoms with van der Waals surface area (Å²) in [5, 5.41) is 2.69. The second-order valence-corrected chi connectivity index (χ2v) is 3.59. The lowest BCUT2D eigenvalue weighted by Gasteiger charge is -2.07. The average Bonchev–Trinajstić information content (AvgIpc) is 2.37. The Hall–Kier alpha value is -2.04. The molecule has 0 bridgehead atoms. The van der Waals surface area contributed by atoms with E-state index in [2.05, 4.69) is 10.1 Å². The van der Waals surface area contributed by atoms with Crippen molar-refractivity contribution < 1.29 is 19.1 Å². The zero-order valence-corrected chi connectivity index (χ0v) is 10.6. The van der Waals surface area contributed by atoms with E-state index in [0.717, 1.165) is 0 Å². The summed E-state index contributed by atoms with van der Waals surface area (Å²) in [6, 6.07) is 7.10. The Kier molecular flexibility index (Phi) is 5.70. The van der Waals surface area contributed by atoms with Crippen LogP contribution in [-0.4, -0.2) is 25.6 Å². The standard InChI is InChI=1S/C13H17NO4/c1-3-18-11-6-4-5-10(9-11)14-12(15)7-8-13(16)17-2/h4-6,9H,3,7-8H2,1-2H3,(H,14,15). The van der Waals surface area contributed by atoms with Gasteiger partial charge in [0.1, 0.15) is 5.75 Å². The molecule has 18 heavy (non-hydrogen) atoms. The molecule has 0 aliphatic rings. The molecule has 0 aromatic heterocycles. The van der Waals surface area contributed by atoms with E-state index < -0.39 is 5.97 Å². The first-order valence-electron chi connectivity index (χ1n) is 5.75. The first-order valence-corrected chi connectivity index (χ1v) is 5.75. The van der Waals surface area contributed by atoms with Gasteiger partial charge in [-0.05, 0) is 19.1 Å². The van der Waals surface area contributed by atoms with Gasteiger partial charge in [-0.15, -0.1) is 0 Å². The Morgan fingerprint density at radius 1 is 1.28 bits per heavy atom. The van der Waals surface area contributed by atoms with Gasteiger partial charge in [0, 0.05) is 18.2 Å². The van der Waals surface area contributed by atoms with Gasteiger partial charge in [-0.25, -0.2) is 0 Å². The number of ether oxygens (including phenoxy) is 2. The molecular formula is C13H17NO4. The van der Waals surface area contributed by atoms with Gasteiger partial charge in [-0.1, -0.05) is 6.07 Å². The highest BCUT2D eigenvalue weighted by Crippen LogP contribution is 2.17. The summed E-state index contributed by atoms with van der Waals surface area (Å²) >= 11 is 0. The van der Waals surface area contributed by atoms with Crippen LogP contribution >= 0.6 is 0 Å². The minimum atomic E-state index is -0.395. The van der Waals surface area contributed by atoms with Crippen molar-refractivity contribution >= 4 is 17.6 Å². The summed E-state index contributed by atoms with van der Waals surface area (Å²) in [6.45, 7) is 2.46. The van der Waals surface area contributed by atoms with Crippen LogP contribution in [0.1, 0.15) is 19.8 Å². The fourth-order valence-corrected chi connectivity index (χ4v) is 1.37. The molecule has 5 nitrogen and oxygen atoms in total. The van der Waals surface area contributed by atoms with Crippen molar-refractivity contribution in [1.29, 1.82) is 0 Å². The minimum Gasteiger partial charge on any atom is -0.494 e. The van der Waals surface area contributed by atoms with Gasteiger partial charge in [0.15, 0.2) is 0 Å². The third kappa shape index (κ3) is 4.86. The molecule has 0 saturated heterocycles. The summed E-state index contributed by atoms with van der Waals surface area (Å²) in [6.07, 6.45) is 0.180. The zero-order chi connectivity index (χ0) is 13.4. The molecule has 0 heterocycles. The van der Waals surface area contributed by atoms with E-state index in [-0.39, 0.29) is 18.7 Å². The topological polar surface area (TPSA) is 64.6 Å². The first kappa shape index (κ1) is 14.0. The minimum absolute atomic E-state index is 0.0769. The fraction of sp³-hybridized carbons (Fsp3) is 0.385. The summed E-state index contributed by atoms with van der Waals surface area (Å²) < 4.78 is 9.78. The normalized spacial score (nSPS) is 9.67. The van der Waals surface area contributed by atoms with Crippen LogP contribution in [0.5, 0.6) is 5.75 Å². The van der Waals surface area contributed by atoms with Crippen molar-refractivity contribution in [2.24, 2.45) is 0 Å². The first-order chi connectivity index (χ1) is 8.65. The fourth-order valence-electron chi connectivity index (χ4n) is 1.37. The van der Waals surface area contributed by atoms with Crippen LogP contribution in [0.25, 0.3) is 0 Å². The monoisotopic (exact) mass is 251 g/mol. The molecule has 0 unspecified atom stereocenters.